The first-order valence-corrected chi connectivity index (χ1v) is 28.9. The molecule has 2 atom stereocenters. The van der Waals surface area contributed by atoms with Crippen molar-refractivity contribution in [1.82, 2.24) is 0 Å². The minimum atomic E-state index is -0.761. The van der Waals surface area contributed by atoms with Crippen molar-refractivity contribution < 1.29 is 28.6 Å². The van der Waals surface area contributed by atoms with Crippen LogP contribution in [0.5, 0.6) is 0 Å². The lowest BCUT2D eigenvalue weighted by atomic mass is 9.99. The molecule has 0 rings (SSSR count). The molecule has 6 nitrogen and oxygen atoms in total. The number of hydrogen-bond donors (Lipinski definition) is 0. The average Bonchev–Trinajstić information content (AvgIpc) is 3.29. The van der Waals surface area contributed by atoms with Gasteiger partial charge in [0.2, 0.25) is 0 Å². The Morgan fingerprint density at radius 1 is 0.312 bits per heavy atom. The van der Waals surface area contributed by atoms with Gasteiger partial charge in [0, 0.05) is 19.3 Å². The van der Waals surface area contributed by atoms with Crippen molar-refractivity contribution in [3.8, 4) is 0 Å². The van der Waals surface area contributed by atoms with Gasteiger partial charge in [0.25, 0.3) is 0 Å². The van der Waals surface area contributed by atoms with E-state index in [4.69, 9.17) is 14.2 Å². The van der Waals surface area contributed by atoms with E-state index < -0.39 is 6.10 Å². The smallest absolute Gasteiger partial charge is 0.306 e. The minimum Gasteiger partial charge on any atom is -0.462 e. The monoisotopic (exact) mass is 905 g/mol. The molecule has 380 valence electrons. The summed E-state index contributed by atoms with van der Waals surface area (Å²) in [4.78, 5) is 38.1. The van der Waals surface area contributed by atoms with E-state index in [1.165, 1.54) is 225 Å². The summed E-state index contributed by atoms with van der Waals surface area (Å²) in [6.07, 6.45) is 56.5. The van der Waals surface area contributed by atoms with Crippen molar-refractivity contribution in [2.24, 2.45) is 5.92 Å². The van der Waals surface area contributed by atoms with Crippen LogP contribution in [0.1, 0.15) is 329 Å². The fraction of sp³-hybridized carbons (Fsp3) is 0.948. The van der Waals surface area contributed by atoms with Crippen LogP contribution in [0, 0.1) is 5.92 Å². The van der Waals surface area contributed by atoms with E-state index in [0.717, 1.165) is 63.7 Å². The zero-order valence-corrected chi connectivity index (χ0v) is 43.8. The Labute approximate surface area is 399 Å². The van der Waals surface area contributed by atoms with Gasteiger partial charge in [0.15, 0.2) is 6.10 Å². The maximum Gasteiger partial charge on any atom is 0.306 e. The molecule has 0 aromatic carbocycles. The van der Waals surface area contributed by atoms with Gasteiger partial charge in [-0.2, -0.15) is 0 Å². The highest BCUT2D eigenvalue weighted by atomic mass is 16.6. The molecule has 0 bridgehead atoms. The molecule has 0 aliphatic heterocycles. The van der Waals surface area contributed by atoms with Gasteiger partial charge < -0.3 is 14.2 Å². The molecule has 0 N–H and O–H groups in total. The van der Waals surface area contributed by atoms with E-state index in [0.29, 0.717) is 19.3 Å². The van der Waals surface area contributed by atoms with Crippen LogP contribution in [0.15, 0.2) is 0 Å². The van der Waals surface area contributed by atoms with Crippen LogP contribution in [0.25, 0.3) is 0 Å². The Bertz CT molecular complexity index is 966. The van der Waals surface area contributed by atoms with Crippen molar-refractivity contribution in [3.63, 3.8) is 0 Å². The third kappa shape index (κ3) is 49.8. The largest absolute Gasteiger partial charge is 0.462 e. The molecule has 0 saturated carbocycles. The molecule has 0 spiro atoms. The summed E-state index contributed by atoms with van der Waals surface area (Å²) in [5.74, 6) is 0.0589. The highest BCUT2D eigenvalue weighted by Crippen LogP contribution is 2.18. The molecule has 0 heterocycles. The predicted molar refractivity (Wildman–Crippen MR) is 275 cm³/mol. The Morgan fingerprint density at radius 3 is 0.812 bits per heavy atom. The normalized spacial score (nSPS) is 12.4. The standard InChI is InChI=1S/C58H112O6/c1-5-8-10-12-14-16-18-20-21-22-26-30-34-38-42-46-50-57(60)63-53-55(52-62-56(59)49-45-41-37-33-29-19-17-15-13-11-9-6-2)64-58(61)51-47-43-39-35-31-27-24-23-25-28-32-36-40-44-48-54(4)7-3/h54-55H,5-53H2,1-4H3/t54?,55-/m0/s1. The van der Waals surface area contributed by atoms with E-state index in [-0.39, 0.29) is 31.1 Å². The zero-order chi connectivity index (χ0) is 46.7. The molecule has 0 radical (unpaired) electrons. The molecule has 0 fully saturated rings. The van der Waals surface area contributed by atoms with E-state index >= 15 is 0 Å². The van der Waals surface area contributed by atoms with Crippen LogP contribution in [0.4, 0.5) is 0 Å². The quantitative estimate of drug-likeness (QED) is 0.0344. The van der Waals surface area contributed by atoms with Crippen molar-refractivity contribution in [2.75, 3.05) is 13.2 Å². The van der Waals surface area contributed by atoms with Crippen molar-refractivity contribution >= 4 is 17.9 Å². The minimum absolute atomic E-state index is 0.0618. The van der Waals surface area contributed by atoms with Gasteiger partial charge in [-0.15, -0.1) is 0 Å². The van der Waals surface area contributed by atoms with Crippen LogP contribution >= 0.6 is 0 Å². The van der Waals surface area contributed by atoms with Gasteiger partial charge in [-0.1, -0.05) is 291 Å². The van der Waals surface area contributed by atoms with Crippen molar-refractivity contribution in [1.29, 1.82) is 0 Å². The lowest BCUT2D eigenvalue weighted by Gasteiger charge is -2.18. The fourth-order valence-electron chi connectivity index (χ4n) is 8.89. The molecule has 64 heavy (non-hydrogen) atoms. The lowest BCUT2D eigenvalue weighted by Crippen LogP contribution is -2.30. The molecule has 0 aliphatic rings. The Hall–Kier alpha value is -1.59. The summed E-state index contributed by atoms with van der Waals surface area (Å²) >= 11 is 0. The number of hydrogen-bond acceptors (Lipinski definition) is 6. The molecule has 1 unspecified atom stereocenters. The topological polar surface area (TPSA) is 78.9 Å². The summed E-state index contributed by atoms with van der Waals surface area (Å²) in [5.41, 5.74) is 0. The second-order valence-corrected chi connectivity index (χ2v) is 20.2. The van der Waals surface area contributed by atoms with Gasteiger partial charge in [-0.3, -0.25) is 14.4 Å². The number of unbranched alkanes of at least 4 members (excludes halogenated alkanes) is 39. The molecule has 0 aliphatic carbocycles. The average molecular weight is 906 g/mol. The first-order valence-electron chi connectivity index (χ1n) is 28.9. The molecular formula is C58H112O6. The molecule has 0 amide bonds. The van der Waals surface area contributed by atoms with Crippen molar-refractivity contribution in [3.05, 3.63) is 0 Å². The van der Waals surface area contributed by atoms with Gasteiger partial charge >= 0.3 is 17.9 Å². The molecule has 0 saturated heterocycles. The van der Waals surface area contributed by atoms with E-state index in [1.54, 1.807) is 0 Å². The second kappa shape index (κ2) is 52.4. The third-order valence-corrected chi connectivity index (χ3v) is 13.7. The van der Waals surface area contributed by atoms with Crippen LogP contribution < -0.4 is 0 Å². The number of carbonyl (C=O) groups excluding carboxylic acids is 3. The number of ether oxygens (including phenoxy) is 3. The molecule has 0 aromatic heterocycles. The maximum absolute atomic E-state index is 12.8. The first kappa shape index (κ1) is 62.4. The predicted octanol–water partition coefficient (Wildman–Crippen LogP) is 19.0. The molecule has 0 aromatic rings. The van der Waals surface area contributed by atoms with Crippen LogP contribution in [0.2, 0.25) is 0 Å². The SMILES string of the molecule is CCCCCCCCCCCCCCCCCCC(=O)OC[C@H](COC(=O)CCCCCCCCCCCCCC)OC(=O)CCCCCCCCCCCCCCCCC(C)CC. The van der Waals surface area contributed by atoms with E-state index in [9.17, 15) is 14.4 Å². The Kier molecular flexibility index (Phi) is 51.1. The van der Waals surface area contributed by atoms with Gasteiger partial charge in [-0.25, -0.2) is 0 Å². The Morgan fingerprint density at radius 2 is 0.547 bits per heavy atom. The summed E-state index contributed by atoms with van der Waals surface area (Å²) in [5, 5.41) is 0. The van der Waals surface area contributed by atoms with Crippen molar-refractivity contribution in [2.45, 2.75) is 336 Å². The highest BCUT2D eigenvalue weighted by Gasteiger charge is 2.19. The fourth-order valence-corrected chi connectivity index (χ4v) is 8.89. The summed E-state index contributed by atoms with van der Waals surface area (Å²) in [6, 6.07) is 0. The highest BCUT2D eigenvalue weighted by molar-refractivity contribution is 5.71. The van der Waals surface area contributed by atoms with Gasteiger partial charge in [0.05, 0.1) is 0 Å². The molecular weight excluding hydrogens is 793 g/mol. The zero-order valence-electron chi connectivity index (χ0n) is 43.8. The van der Waals surface area contributed by atoms with E-state index in [1.807, 2.05) is 0 Å². The first-order chi connectivity index (χ1) is 31.4. The van der Waals surface area contributed by atoms with Gasteiger partial charge in [0.1, 0.15) is 13.2 Å². The molecule has 6 heteroatoms. The summed E-state index contributed by atoms with van der Waals surface area (Å²) < 4.78 is 16.9. The van der Waals surface area contributed by atoms with Crippen LogP contribution in [-0.2, 0) is 28.6 Å². The third-order valence-electron chi connectivity index (χ3n) is 13.7. The van der Waals surface area contributed by atoms with Crippen LogP contribution in [-0.4, -0.2) is 37.2 Å². The summed E-state index contributed by atoms with van der Waals surface area (Å²) in [7, 11) is 0. The van der Waals surface area contributed by atoms with Crippen LogP contribution in [0.3, 0.4) is 0 Å². The number of carbonyl (C=O) groups is 3. The van der Waals surface area contributed by atoms with E-state index in [2.05, 4.69) is 27.7 Å². The Balaban J connectivity index is 4.28. The number of esters is 3. The van der Waals surface area contributed by atoms with Gasteiger partial charge in [-0.05, 0) is 25.2 Å². The number of rotatable bonds is 53. The summed E-state index contributed by atoms with van der Waals surface area (Å²) in [6.45, 7) is 9.09. The maximum atomic E-state index is 12.8. The lowest BCUT2D eigenvalue weighted by molar-refractivity contribution is -0.167. The second-order valence-electron chi connectivity index (χ2n) is 20.2.